The number of rotatable bonds is 4. The number of hydrogen-bond donors (Lipinski definition) is 1. The summed E-state index contributed by atoms with van der Waals surface area (Å²) in [5.74, 6) is 2.04. The molecule has 6 heteroatoms. The topological polar surface area (TPSA) is 66.8 Å². The van der Waals surface area contributed by atoms with Crippen LogP contribution in [0, 0.1) is 17.3 Å². The lowest BCUT2D eigenvalue weighted by atomic mass is 9.55. The van der Waals surface area contributed by atoms with Crippen molar-refractivity contribution in [3.8, 4) is 5.75 Å². The highest BCUT2D eigenvalue weighted by atomic mass is 32.2. The van der Waals surface area contributed by atoms with Crippen molar-refractivity contribution in [3.05, 3.63) is 28.8 Å². The van der Waals surface area contributed by atoms with E-state index < -0.39 is 10.3 Å². The smallest absolute Gasteiger partial charge is 0.338 e. The number of aryl methyl sites for hydroxylation is 2. The van der Waals surface area contributed by atoms with E-state index >= 15 is 0 Å². The molecule has 0 unspecified atom stereocenters. The van der Waals surface area contributed by atoms with Crippen LogP contribution in [0.25, 0.3) is 0 Å². The Morgan fingerprint density at radius 3 is 2.64 bits per heavy atom. The quantitative estimate of drug-likeness (QED) is 0.819. The Morgan fingerprint density at radius 2 is 1.96 bits per heavy atom. The second kappa shape index (κ2) is 6.99. The van der Waals surface area contributed by atoms with Gasteiger partial charge in [0.15, 0.2) is 0 Å². The van der Waals surface area contributed by atoms with Crippen LogP contribution in [0.5, 0.6) is 5.75 Å². The van der Waals surface area contributed by atoms with Gasteiger partial charge in [-0.3, -0.25) is 4.18 Å². The van der Waals surface area contributed by atoms with Crippen molar-refractivity contribution in [2.24, 2.45) is 17.3 Å². The molecule has 2 fully saturated rings. The lowest BCUT2D eigenvalue weighted by molar-refractivity contribution is -0.0103. The molecule has 1 aromatic carbocycles. The first-order valence-corrected chi connectivity index (χ1v) is 12.0. The third kappa shape index (κ3) is 3.08. The molecule has 1 N–H and O–H groups in total. The van der Waals surface area contributed by atoms with Gasteiger partial charge in [0.25, 0.3) is 0 Å². The number of hydrogen-bond acceptors (Lipinski definition) is 4. The molecule has 0 saturated heterocycles. The van der Waals surface area contributed by atoms with Gasteiger partial charge in [-0.2, -0.15) is 12.7 Å². The molecule has 0 aliphatic heterocycles. The first kappa shape index (κ1) is 20.2. The van der Waals surface area contributed by atoms with Gasteiger partial charge >= 0.3 is 10.3 Å². The van der Waals surface area contributed by atoms with Crippen molar-refractivity contribution < 1.29 is 17.7 Å². The van der Waals surface area contributed by atoms with Crippen molar-refractivity contribution >= 4 is 10.3 Å². The van der Waals surface area contributed by atoms with Gasteiger partial charge < -0.3 is 5.11 Å². The van der Waals surface area contributed by atoms with Gasteiger partial charge in [0.1, 0.15) is 5.75 Å². The first-order chi connectivity index (χ1) is 13.2. The minimum Gasteiger partial charge on any atom is -0.508 e. The SMILES string of the molecule is CCc1cc2c(cc1O)CC[C@@H]1[C@@H]2CC[C@]2(C)[C@@H](OS(=O)(=O)N(C)C)CC[C@@H]12. The van der Waals surface area contributed by atoms with Gasteiger partial charge in [0.05, 0.1) is 6.10 Å². The summed E-state index contributed by atoms with van der Waals surface area (Å²) in [7, 11) is -0.601. The Kier molecular flexibility index (Phi) is 5.04. The number of aromatic hydroxyl groups is 1. The summed E-state index contributed by atoms with van der Waals surface area (Å²) in [5, 5.41) is 10.3. The average molecular weight is 408 g/mol. The van der Waals surface area contributed by atoms with Crippen molar-refractivity contribution in [1.29, 1.82) is 0 Å². The highest BCUT2D eigenvalue weighted by Crippen LogP contribution is 2.62. The van der Waals surface area contributed by atoms with E-state index in [1.54, 1.807) is 0 Å². The van der Waals surface area contributed by atoms with Crippen molar-refractivity contribution in [1.82, 2.24) is 4.31 Å². The molecule has 0 heterocycles. The maximum absolute atomic E-state index is 12.3. The van der Waals surface area contributed by atoms with Crippen LogP contribution in [0.3, 0.4) is 0 Å². The maximum atomic E-state index is 12.3. The molecule has 3 aliphatic rings. The number of phenols is 1. The molecule has 0 aromatic heterocycles. The number of nitrogens with zero attached hydrogens (tertiary/aromatic N) is 1. The van der Waals surface area contributed by atoms with Gasteiger partial charge in [0, 0.05) is 14.1 Å². The second-order valence-electron chi connectivity index (χ2n) is 9.40. The molecule has 1 aromatic rings. The minimum atomic E-state index is -3.66. The molecule has 5 atom stereocenters. The highest BCUT2D eigenvalue weighted by Gasteiger charge is 2.56. The Morgan fingerprint density at radius 1 is 1.21 bits per heavy atom. The van der Waals surface area contributed by atoms with Gasteiger partial charge in [-0.1, -0.05) is 19.9 Å². The number of benzene rings is 1. The Labute approximate surface area is 169 Å². The summed E-state index contributed by atoms with van der Waals surface area (Å²) >= 11 is 0. The van der Waals surface area contributed by atoms with E-state index in [0.717, 1.165) is 50.5 Å². The lowest BCUT2D eigenvalue weighted by Gasteiger charge is -2.50. The summed E-state index contributed by atoms with van der Waals surface area (Å²) in [4.78, 5) is 0. The molecule has 5 nitrogen and oxygen atoms in total. The van der Waals surface area contributed by atoms with Crippen molar-refractivity contribution in [2.45, 2.75) is 70.8 Å². The van der Waals surface area contributed by atoms with Crippen LogP contribution < -0.4 is 0 Å². The molecule has 2 saturated carbocycles. The van der Waals surface area contributed by atoms with Crippen LogP contribution in [-0.4, -0.2) is 38.0 Å². The molecule has 0 spiro atoms. The summed E-state index contributed by atoms with van der Waals surface area (Å²) in [6.45, 7) is 4.34. The monoisotopic (exact) mass is 407 g/mol. The first-order valence-electron chi connectivity index (χ1n) is 10.6. The van der Waals surface area contributed by atoms with Crippen LogP contribution in [0.1, 0.15) is 68.6 Å². The van der Waals surface area contributed by atoms with E-state index in [9.17, 15) is 13.5 Å². The third-order valence-corrected chi connectivity index (χ3v) is 9.27. The Balaban J connectivity index is 1.62. The number of fused-ring (bicyclic) bond motifs is 5. The molecule has 0 amide bonds. The molecular formula is C22H33NO4S. The zero-order valence-corrected chi connectivity index (χ0v) is 18.3. The van der Waals surface area contributed by atoms with Crippen LogP contribution in [0.4, 0.5) is 0 Å². The Bertz CT molecular complexity index is 866. The molecule has 156 valence electrons. The molecular weight excluding hydrogens is 374 g/mol. The fourth-order valence-corrected chi connectivity index (χ4v) is 7.06. The van der Waals surface area contributed by atoms with Gasteiger partial charge in [-0.05, 0) is 90.9 Å². The van der Waals surface area contributed by atoms with E-state index in [4.69, 9.17) is 4.18 Å². The number of phenolic OH excluding ortho intramolecular Hbond substituents is 1. The largest absolute Gasteiger partial charge is 0.508 e. The van der Waals surface area contributed by atoms with Crippen LogP contribution in [0.2, 0.25) is 0 Å². The van der Waals surface area contributed by atoms with Crippen LogP contribution in [0.15, 0.2) is 12.1 Å². The predicted octanol–water partition coefficient (Wildman–Crippen LogP) is 4.00. The average Bonchev–Trinajstić information content (AvgIpc) is 2.96. The third-order valence-electron chi connectivity index (χ3n) is 7.90. The van der Waals surface area contributed by atoms with Gasteiger partial charge in [-0.25, -0.2) is 0 Å². The molecule has 0 radical (unpaired) electrons. The van der Waals surface area contributed by atoms with E-state index in [-0.39, 0.29) is 11.5 Å². The molecule has 3 aliphatic carbocycles. The van der Waals surface area contributed by atoms with Crippen molar-refractivity contribution in [2.75, 3.05) is 14.1 Å². The summed E-state index contributed by atoms with van der Waals surface area (Å²) in [5.41, 5.74) is 3.70. The Hall–Kier alpha value is -1.11. The molecule has 4 rings (SSSR count). The summed E-state index contributed by atoms with van der Waals surface area (Å²) < 4.78 is 31.5. The fraction of sp³-hybridized carbons (Fsp3) is 0.727. The predicted molar refractivity (Wildman–Crippen MR) is 110 cm³/mol. The molecule has 28 heavy (non-hydrogen) atoms. The van der Waals surface area contributed by atoms with E-state index in [1.807, 2.05) is 6.07 Å². The zero-order chi connectivity index (χ0) is 20.3. The zero-order valence-electron chi connectivity index (χ0n) is 17.4. The summed E-state index contributed by atoms with van der Waals surface area (Å²) in [6.07, 6.45) is 6.67. The van der Waals surface area contributed by atoms with Crippen molar-refractivity contribution in [3.63, 3.8) is 0 Å². The fourth-order valence-electron chi connectivity index (χ4n) is 6.28. The standard InChI is InChI=1S/C22H33NO4S/c1-5-14-12-18-15(13-20(14)24)6-7-17-16(18)10-11-22(2)19(17)8-9-21(22)27-28(25,26)23(3)4/h12-13,16-17,19,21,24H,5-11H2,1-4H3/t16-,17+,19-,21-,22-/m0/s1. The van der Waals surface area contributed by atoms with Gasteiger partial charge in [-0.15, -0.1) is 0 Å². The van der Waals surface area contributed by atoms with E-state index in [2.05, 4.69) is 19.9 Å². The normalized spacial score (nSPS) is 34.8. The van der Waals surface area contributed by atoms with E-state index in [0.29, 0.717) is 23.5 Å². The van der Waals surface area contributed by atoms with Crippen LogP contribution in [-0.2, 0) is 27.3 Å². The lowest BCUT2D eigenvalue weighted by Crippen LogP contribution is -2.46. The maximum Gasteiger partial charge on any atom is 0.338 e. The molecule has 0 bridgehead atoms. The van der Waals surface area contributed by atoms with E-state index in [1.165, 1.54) is 29.5 Å². The highest BCUT2D eigenvalue weighted by molar-refractivity contribution is 7.84. The second-order valence-corrected chi connectivity index (χ2v) is 11.2. The van der Waals surface area contributed by atoms with Crippen LogP contribution >= 0.6 is 0 Å². The van der Waals surface area contributed by atoms with Gasteiger partial charge in [0.2, 0.25) is 0 Å². The minimum absolute atomic E-state index is 0.0771. The summed E-state index contributed by atoms with van der Waals surface area (Å²) in [6, 6.07) is 4.23.